The van der Waals surface area contributed by atoms with E-state index in [-0.39, 0.29) is 11.9 Å². The van der Waals surface area contributed by atoms with Crippen molar-refractivity contribution in [2.45, 2.75) is 25.5 Å². The van der Waals surface area contributed by atoms with Crippen molar-refractivity contribution in [1.29, 1.82) is 0 Å². The summed E-state index contributed by atoms with van der Waals surface area (Å²) in [6.07, 6.45) is 2.17. The SMILES string of the molecule is Fc1ccccc1CN(CC1CCCO1)C(=S)Nc1ccc(Cl)cc1. The van der Waals surface area contributed by atoms with E-state index in [0.717, 1.165) is 25.1 Å². The number of ether oxygens (including phenoxy) is 1. The van der Waals surface area contributed by atoms with Gasteiger partial charge in [0.15, 0.2) is 5.11 Å². The number of anilines is 1. The predicted molar refractivity (Wildman–Crippen MR) is 103 cm³/mol. The van der Waals surface area contributed by atoms with Crippen molar-refractivity contribution in [3.8, 4) is 0 Å². The molecule has 6 heteroatoms. The maximum atomic E-state index is 14.1. The van der Waals surface area contributed by atoms with Gasteiger partial charge in [-0.15, -0.1) is 0 Å². The van der Waals surface area contributed by atoms with Crippen LogP contribution in [0.2, 0.25) is 5.02 Å². The molecule has 1 aliphatic rings. The van der Waals surface area contributed by atoms with Crippen LogP contribution in [-0.4, -0.2) is 29.3 Å². The Balaban J connectivity index is 1.73. The Bertz CT molecular complexity index is 720. The minimum absolute atomic E-state index is 0.122. The van der Waals surface area contributed by atoms with Crippen molar-refractivity contribution in [1.82, 2.24) is 4.90 Å². The molecular weight excluding hydrogens is 359 g/mol. The van der Waals surface area contributed by atoms with Crippen LogP contribution in [0.3, 0.4) is 0 Å². The van der Waals surface area contributed by atoms with E-state index in [0.29, 0.717) is 28.8 Å². The second kappa shape index (κ2) is 8.61. The van der Waals surface area contributed by atoms with Crippen LogP contribution in [0.5, 0.6) is 0 Å². The Labute approximate surface area is 157 Å². The molecule has 0 radical (unpaired) electrons. The van der Waals surface area contributed by atoms with Crippen LogP contribution in [0, 0.1) is 5.82 Å². The van der Waals surface area contributed by atoms with Gasteiger partial charge in [0, 0.05) is 36.0 Å². The average Bonchev–Trinajstić information content (AvgIpc) is 3.11. The summed E-state index contributed by atoms with van der Waals surface area (Å²) >= 11 is 11.5. The van der Waals surface area contributed by atoms with E-state index in [9.17, 15) is 4.39 Å². The van der Waals surface area contributed by atoms with E-state index >= 15 is 0 Å². The van der Waals surface area contributed by atoms with Gasteiger partial charge in [0.25, 0.3) is 0 Å². The highest BCUT2D eigenvalue weighted by Gasteiger charge is 2.22. The van der Waals surface area contributed by atoms with Crippen LogP contribution in [-0.2, 0) is 11.3 Å². The molecule has 1 N–H and O–H groups in total. The molecule has 1 unspecified atom stereocenters. The summed E-state index contributed by atoms with van der Waals surface area (Å²) in [7, 11) is 0. The topological polar surface area (TPSA) is 24.5 Å². The largest absolute Gasteiger partial charge is 0.376 e. The molecule has 3 rings (SSSR count). The highest BCUT2D eigenvalue weighted by atomic mass is 35.5. The number of hydrogen-bond donors (Lipinski definition) is 1. The van der Waals surface area contributed by atoms with E-state index in [4.69, 9.17) is 28.6 Å². The Morgan fingerprint density at radius 3 is 2.68 bits per heavy atom. The molecule has 1 fully saturated rings. The van der Waals surface area contributed by atoms with Crippen LogP contribution < -0.4 is 5.32 Å². The van der Waals surface area contributed by atoms with E-state index in [1.54, 1.807) is 24.3 Å². The van der Waals surface area contributed by atoms with Crippen LogP contribution in [0.25, 0.3) is 0 Å². The first-order valence-electron chi connectivity index (χ1n) is 8.28. The van der Waals surface area contributed by atoms with E-state index in [2.05, 4.69) is 5.32 Å². The molecule has 1 atom stereocenters. The van der Waals surface area contributed by atoms with Crippen LogP contribution in [0.1, 0.15) is 18.4 Å². The summed E-state index contributed by atoms with van der Waals surface area (Å²) in [4.78, 5) is 1.96. The Kier molecular flexibility index (Phi) is 6.24. The summed E-state index contributed by atoms with van der Waals surface area (Å²) in [5.74, 6) is -0.228. The molecule has 0 aliphatic carbocycles. The third-order valence-corrected chi connectivity index (χ3v) is 4.76. The number of thiocarbonyl (C=S) groups is 1. The number of rotatable bonds is 5. The summed E-state index contributed by atoms with van der Waals surface area (Å²) in [6, 6.07) is 14.1. The van der Waals surface area contributed by atoms with Crippen molar-refractivity contribution in [2.24, 2.45) is 0 Å². The predicted octanol–water partition coefficient (Wildman–Crippen LogP) is 4.86. The summed E-state index contributed by atoms with van der Waals surface area (Å²) in [6.45, 7) is 1.80. The number of halogens is 2. The molecule has 1 aliphatic heterocycles. The minimum Gasteiger partial charge on any atom is -0.376 e. The molecular formula is C19H20ClFN2OS. The van der Waals surface area contributed by atoms with Gasteiger partial charge in [-0.2, -0.15) is 0 Å². The minimum atomic E-state index is -0.228. The number of nitrogens with zero attached hydrogens (tertiary/aromatic N) is 1. The van der Waals surface area contributed by atoms with E-state index in [1.165, 1.54) is 6.07 Å². The maximum absolute atomic E-state index is 14.1. The van der Waals surface area contributed by atoms with Crippen molar-refractivity contribution in [3.63, 3.8) is 0 Å². The average molecular weight is 379 g/mol. The van der Waals surface area contributed by atoms with Crippen LogP contribution >= 0.6 is 23.8 Å². The standard InChI is InChI=1S/C19H20ClFN2OS/c20-15-7-9-16(10-8-15)22-19(25)23(13-17-5-3-11-24-17)12-14-4-1-2-6-18(14)21/h1-2,4,6-10,17H,3,5,11-13H2,(H,22,25). The van der Waals surface area contributed by atoms with Crippen molar-refractivity contribution < 1.29 is 9.13 Å². The third-order valence-electron chi connectivity index (χ3n) is 4.15. The first-order valence-corrected chi connectivity index (χ1v) is 9.07. The molecule has 1 heterocycles. The molecule has 0 spiro atoms. The first kappa shape index (κ1) is 18.1. The number of benzene rings is 2. The zero-order chi connectivity index (χ0) is 17.6. The maximum Gasteiger partial charge on any atom is 0.173 e. The highest BCUT2D eigenvalue weighted by molar-refractivity contribution is 7.80. The smallest absolute Gasteiger partial charge is 0.173 e. The molecule has 2 aromatic carbocycles. The van der Waals surface area contributed by atoms with Gasteiger partial charge in [-0.25, -0.2) is 4.39 Å². The molecule has 0 aromatic heterocycles. The summed E-state index contributed by atoms with van der Waals surface area (Å²) in [5.41, 5.74) is 1.46. The molecule has 25 heavy (non-hydrogen) atoms. The van der Waals surface area contributed by atoms with Gasteiger partial charge < -0.3 is 15.0 Å². The summed E-state index contributed by atoms with van der Waals surface area (Å²) in [5, 5.41) is 4.41. The molecule has 0 bridgehead atoms. The van der Waals surface area contributed by atoms with Crippen LogP contribution in [0.15, 0.2) is 48.5 Å². The fourth-order valence-electron chi connectivity index (χ4n) is 2.82. The fraction of sp³-hybridized carbons (Fsp3) is 0.316. The lowest BCUT2D eigenvalue weighted by Crippen LogP contribution is -2.39. The number of hydrogen-bond acceptors (Lipinski definition) is 2. The van der Waals surface area contributed by atoms with Gasteiger partial charge in [-0.05, 0) is 55.4 Å². The lowest BCUT2D eigenvalue weighted by molar-refractivity contribution is 0.0903. The van der Waals surface area contributed by atoms with Crippen molar-refractivity contribution in [2.75, 3.05) is 18.5 Å². The van der Waals surface area contributed by atoms with Crippen LogP contribution in [0.4, 0.5) is 10.1 Å². The normalized spacial score (nSPS) is 16.6. The second-order valence-electron chi connectivity index (χ2n) is 6.04. The van der Waals surface area contributed by atoms with Gasteiger partial charge in [0.2, 0.25) is 0 Å². The molecule has 0 saturated carbocycles. The van der Waals surface area contributed by atoms with Gasteiger partial charge in [0.05, 0.1) is 6.10 Å². The molecule has 3 nitrogen and oxygen atoms in total. The first-order chi connectivity index (χ1) is 12.1. The van der Waals surface area contributed by atoms with Gasteiger partial charge in [-0.3, -0.25) is 0 Å². The molecule has 132 valence electrons. The number of nitrogens with one attached hydrogen (secondary N) is 1. The lowest BCUT2D eigenvalue weighted by Gasteiger charge is -2.28. The fourth-order valence-corrected chi connectivity index (χ4v) is 3.20. The van der Waals surface area contributed by atoms with Gasteiger partial charge >= 0.3 is 0 Å². The Morgan fingerprint density at radius 2 is 2.00 bits per heavy atom. The molecule has 2 aromatic rings. The monoisotopic (exact) mass is 378 g/mol. The molecule has 0 amide bonds. The lowest BCUT2D eigenvalue weighted by atomic mass is 10.2. The van der Waals surface area contributed by atoms with E-state index in [1.807, 2.05) is 23.1 Å². The van der Waals surface area contributed by atoms with E-state index < -0.39 is 0 Å². The zero-order valence-corrected chi connectivity index (χ0v) is 15.3. The zero-order valence-electron chi connectivity index (χ0n) is 13.8. The second-order valence-corrected chi connectivity index (χ2v) is 6.87. The Hall–Kier alpha value is -1.69. The highest BCUT2D eigenvalue weighted by Crippen LogP contribution is 2.19. The third kappa shape index (κ3) is 5.14. The van der Waals surface area contributed by atoms with Crippen molar-refractivity contribution >= 4 is 34.6 Å². The van der Waals surface area contributed by atoms with Gasteiger partial charge in [0.1, 0.15) is 5.82 Å². The summed E-state index contributed by atoms with van der Waals surface area (Å²) < 4.78 is 19.8. The van der Waals surface area contributed by atoms with Crippen molar-refractivity contribution in [3.05, 3.63) is 64.9 Å². The van der Waals surface area contributed by atoms with Gasteiger partial charge in [-0.1, -0.05) is 29.8 Å². The Morgan fingerprint density at radius 1 is 1.24 bits per heavy atom. The quantitative estimate of drug-likeness (QED) is 0.751. The molecule has 1 saturated heterocycles.